The molecule has 6 heteroatoms. The molecule has 0 saturated heterocycles. The Hall–Kier alpha value is -2.00. The number of carbonyl (C=O) groups excluding carboxylic acids is 1. The third-order valence-corrected chi connectivity index (χ3v) is 2.26. The molecular formula is C13H14F2N2O2. The van der Waals surface area contributed by atoms with Gasteiger partial charge < -0.3 is 10.1 Å². The number of ether oxygens (including phenoxy) is 1. The second-order valence-corrected chi connectivity index (χ2v) is 3.80. The third-order valence-electron chi connectivity index (χ3n) is 2.26. The van der Waals surface area contributed by atoms with E-state index in [0.29, 0.717) is 12.1 Å². The lowest BCUT2D eigenvalue weighted by Gasteiger charge is -2.06. The van der Waals surface area contributed by atoms with Crippen LogP contribution in [0.25, 0.3) is 0 Å². The number of nitriles is 1. The van der Waals surface area contributed by atoms with E-state index in [1.807, 2.05) is 6.07 Å². The Morgan fingerprint density at radius 3 is 2.95 bits per heavy atom. The molecule has 1 aromatic carbocycles. The van der Waals surface area contributed by atoms with Gasteiger partial charge in [-0.1, -0.05) is 12.1 Å². The second-order valence-electron chi connectivity index (χ2n) is 3.80. The highest BCUT2D eigenvalue weighted by Crippen LogP contribution is 2.03. The van der Waals surface area contributed by atoms with Crippen LogP contribution in [0.15, 0.2) is 24.3 Å². The predicted octanol–water partition coefficient (Wildman–Crippen LogP) is 1.85. The van der Waals surface area contributed by atoms with Gasteiger partial charge >= 0.3 is 0 Å². The number of benzene rings is 1. The second kappa shape index (κ2) is 8.16. The van der Waals surface area contributed by atoms with Gasteiger partial charge in [0.25, 0.3) is 6.43 Å². The summed E-state index contributed by atoms with van der Waals surface area (Å²) in [6, 6.07) is 8.86. The van der Waals surface area contributed by atoms with E-state index >= 15 is 0 Å². The van der Waals surface area contributed by atoms with E-state index in [1.54, 1.807) is 24.3 Å². The minimum Gasteiger partial charge on any atom is -0.375 e. The molecule has 1 amide bonds. The molecule has 0 heterocycles. The molecule has 0 unspecified atom stereocenters. The lowest BCUT2D eigenvalue weighted by atomic mass is 10.1. The van der Waals surface area contributed by atoms with E-state index in [0.717, 1.165) is 5.56 Å². The van der Waals surface area contributed by atoms with Crippen LogP contribution in [0.3, 0.4) is 0 Å². The van der Waals surface area contributed by atoms with E-state index < -0.39 is 13.0 Å². The first-order valence-electron chi connectivity index (χ1n) is 5.73. The molecule has 102 valence electrons. The molecule has 0 fully saturated rings. The van der Waals surface area contributed by atoms with Gasteiger partial charge in [-0.05, 0) is 17.7 Å². The van der Waals surface area contributed by atoms with Crippen molar-refractivity contribution in [3.8, 4) is 6.07 Å². The summed E-state index contributed by atoms with van der Waals surface area (Å²) in [7, 11) is 0. The molecule has 4 nitrogen and oxygen atoms in total. The molecule has 19 heavy (non-hydrogen) atoms. The van der Waals surface area contributed by atoms with E-state index in [-0.39, 0.29) is 18.9 Å². The molecule has 0 radical (unpaired) electrons. The van der Waals surface area contributed by atoms with Crippen LogP contribution >= 0.6 is 0 Å². The number of hydrogen-bond donors (Lipinski definition) is 1. The van der Waals surface area contributed by atoms with Crippen LogP contribution in [0.1, 0.15) is 17.5 Å². The summed E-state index contributed by atoms with van der Waals surface area (Å²) < 4.78 is 28.1. The molecule has 1 aromatic rings. The number of nitrogens with one attached hydrogen (secondary N) is 1. The van der Waals surface area contributed by atoms with Crippen molar-refractivity contribution in [3.63, 3.8) is 0 Å². The molecule has 0 spiro atoms. The maximum atomic E-state index is 11.7. The van der Waals surface area contributed by atoms with Gasteiger partial charge in [-0.3, -0.25) is 4.79 Å². The number of nitrogens with zero attached hydrogens (tertiary/aromatic N) is 1. The quantitative estimate of drug-likeness (QED) is 0.768. The van der Waals surface area contributed by atoms with Crippen molar-refractivity contribution in [2.24, 2.45) is 0 Å². The first-order chi connectivity index (χ1) is 9.11. The normalized spacial score (nSPS) is 10.2. The number of carbonyl (C=O) groups is 1. The molecule has 0 saturated carbocycles. The van der Waals surface area contributed by atoms with Gasteiger partial charge in [-0.25, -0.2) is 8.78 Å². The average Bonchev–Trinajstić information content (AvgIpc) is 2.41. The monoisotopic (exact) mass is 268 g/mol. The molecule has 0 aliphatic rings. The summed E-state index contributed by atoms with van der Waals surface area (Å²) in [6.07, 6.45) is -2.48. The highest BCUT2D eigenvalue weighted by molar-refractivity contribution is 5.75. The zero-order valence-corrected chi connectivity index (χ0v) is 10.2. The van der Waals surface area contributed by atoms with Crippen molar-refractivity contribution in [2.45, 2.75) is 19.4 Å². The van der Waals surface area contributed by atoms with Crippen LogP contribution in [0.5, 0.6) is 0 Å². The fourth-order valence-corrected chi connectivity index (χ4v) is 1.38. The highest BCUT2D eigenvalue weighted by atomic mass is 19.3. The van der Waals surface area contributed by atoms with Gasteiger partial charge in [0, 0.05) is 13.0 Å². The summed E-state index contributed by atoms with van der Waals surface area (Å²) in [4.78, 5) is 11.4. The van der Waals surface area contributed by atoms with Gasteiger partial charge in [-0.15, -0.1) is 0 Å². The number of hydrogen-bond acceptors (Lipinski definition) is 3. The molecule has 0 bridgehead atoms. The van der Waals surface area contributed by atoms with Crippen LogP contribution in [-0.2, 0) is 16.1 Å². The van der Waals surface area contributed by atoms with E-state index in [9.17, 15) is 13.6 Å². The van der Waals surface area contributed by atoms with Gasteiger partial charge in [-0.2, -0.15) is 5.26 Å². The SMILES string of the molecule is N#Cc1cccc(CNC(=O)CCOCC(F)F)c1. The lowest BCUT2D eigenvalue weighted by molar-refractivity contribution is -0.122. The molecule has 1 N–H and O–H groups in total. The summed E-state index contributed by atoms with van der Waals surface area (Å²) in [6.45, 7) is -0.394. The number of amides is 1. The van der Waals surface area contributed by atoms with Gasteiger partial charge in [0.05, 0.1) is 18.2 Å². The highest BCUT2D eigenvalue weighted by Gasteiger charge is 2.05. The van der Waals surface area contributed by atoms with Crippen LogP contribution in [0.4, 0.5) is 8.78 Å². The number of alkyl halides is 2. The molecule has 0 aromatic heterocycles. The Morgan fingerprint density at radius 1 is 1.47 bits per heavy atom. The Kier molecular flexibility index (Phi) is 6.47. The average molecular weight is 268 g/mol. The molecule has 1 rings (SSSR count). The van der Waals surface area contributed by atoms with Crippen molar-refractivity contribution < 1.29 is 18.3 Å². The van der Waals surface area contributed by atoms with Crippen LogP contribution in [0, 0.1) is 11.3 Å². The number of rotatable bonds is 7. The van der Waals surface area contributed by atoms with E-state index in [1.165, 1.54) is 0 Å². The van der Waals surface area contributed by atoms with Crippen LogP contribution in [-0.4, -0.2) is 25.5 Å². The topological polar surface area (TPSA) is 62.1 Å². The van der Waals surface area contributed by atoms with Crippen molar-refractivity contribution in [2.75, 3.05) is 13.2 Å². The maximum absolute atomic E-state index is 11.7. The summed E-state index contributed by atoms with van der Waals surface area (Å²) in [5.41, 5.74) is 1.33. The Bertz CT molecular complexity index is 458. The van der Waals surface area contributed by atoms with Gasteiger partial charge in [0.1, 0.15) is 6.61 Å². The number of halogens is 2. The molecule has 0 aliphatic heterocycles. The Morgan fingerprint density at radius 2 is 2.26 bits per heavy atom. The minimum absolute atomic E-state index is 0.0324. The summed E-state index contributed by atoms with van der Waals surface area (Å²) in [5, 5.41) is 11.3. The first kappa shape index (κ1) is 15.1. The zero-order valence-electron chi connectivity index (χ0n) is 10.2. The Balaban J connectivity index is 2.24. The first-order valence-corrected chi connectivity index (χ1v) is 5.73. The van der Waals surface area contributed by atoms with Crippen LogP contribution < -0.4 is 5.32 Å². The van der Waals surface area contributed by atoms with Crippen molar-refractivity contribution in [3.05, 3.63) is 35.4 Å². The van der Waals surface area contributed by atoms with Crippen molar-refractivity contribution in [1.82, 2.24) is 5.32 Å². The third kappa shape index (κ3) is 6.48. The standard InChI is InChI=1S/C13H14F2N2O2/c14-12(15)9-19-5-4-13(18)17-8-11-3-1-2-10(6-11)7-16/h1-3,6,12H,4-5,8-9H2,(H,17,18). The van der Waals surface area contributed by atoms with E-state index in [2.05, 4.69) is 10.1 Å². The zero-order chi connectivity index (χ0) is 14.1. The van der Waals surface area contributed by atoms with Crippen LogP contribution in [0.2, 0.25) is 0 Å². The summed E-state index contributed by atoms with van der Waals surface area (Å²) in [5.74, 6) is -0.281. The predicted molar refractivity (Wildman–Crippen MR) is 64.4 cm³/mol. The fraction of sp³-hybridized carbons (Fsp3) is 0.385. The maximum Gasteiger partial charge on any atom is 0.261 e. The Labute approximate surface area is 110 Å². The largest absolute Gasteiger partial charge is 0.375 e. The van der Waals surface area contributed by atoms with Crippen molar-refractivity contribution in [1.29, 1.82) is 5.26 Å². The van der Waals surface area contributed by atoms with E-state index in [4.69, 9.17) is 5.26 Å². The molecule has 0 aliphatic carbocycles. The fourth-order valence-electron chi connectivity index (χ4n) is 1.38. The molecular weight excluding hydrogens is 254 g/mol. The minimum atomic E-state index is -2.52. The van der Waals surface area contributed by atoms with Gasteiger partial charge in [0.15, 0.2) is 0 Å². The lowest BCUT2D eigenvalue weighted by Crippen LogP contribution is -2.24. The summed E-state index contributed by atoms with van der Waals surface area (Å²) >= 11 is 0. The smallest absolute Gasteiger partial charge is 0.261 e. The van der Waals surface area contributed by atoms with Gasteiger partial charge in [0.2, 0.25) is 5.91 Å². The molecule has 0 atom stereocenters. The van der Waals surface area contributed by atoms with Crippen molar-refractivity contribution >= 4 is 5.91 Å².